The van der Waals surface area contributed by atoms with Gasteiger partial charge >= 0.3 is 5.97 Å². The second kappa shape index (κ2) is 4.40. The number of carbonyl (C=O) groups is 2. The van der Waals surface area contributed by atoms with Crippen molar-refractivity contribution in [1.29, 1.82) is 0 Å². The first-order valence-corrected chi connectivity index (χ1v) is 4.15. The van der Waals surface area contributed by atoms with Gasteiger partial charge < -0.3 is 10.0 Å². The van der Waals surface area contributed by atoms with E-state index in [1.807, 2.05) is 0 Å². The van der Waals surface area contributed by atoms with Gasteiger partial charge in [-0.3, -0.25) is 14.7 Å². The topological polar surface area (TPSA) is 86.3 Å². The number of aromatic nitrogens is 2. The first-order chi connectivity index (χ1) is 6.65. The molecule has 14 heavy (non-hydrogen) atoms. The predicted octanol–water partition coefficient (Wildman–Crippen LogP) is -0.0436. The fourth-order valence-electron chi connectivity index (χ4n) is 1.04. The van der Waals surface area contributed by atoms with Crippen LogP contribution in [0.25, 0.3) is 0 Å². The number of carbonyl (C=O) groups excluding carboxylic acids is 1. The number of H-pyrrole nitrogens is 1. The molecule has 76 valence electrons. The van der Waals surface area contributed by atoms with E-state index in [9.17, 15) is 9.59 Å². The Morgan fingerprint density at radius 2 is 2.36 bits per heavy atom. The summed E-state index contributed by atoms with van der Waals surface area (Å²) in [6.45, 7) is 1.79. The average Bonchev–Trinajstić information content (AvgIpc) is 2.65. The molecule has 1 rings (SSSR count). The molecule has 0 radical (unpaired) electrons. The van der Waals surface area contributed by atoms with Gasteiger partial charge in [0.05, 0.1) is 11.8 Å². The van der Waals surface area contributed by atoms with Crippen LogP contribution in [0.1, 0.15) is 17.3 Å². The lowest BCUT2D eigenvalue weighted by atomic mass is 10.3. The van der Waals surface area contributed by atoms with E-state index >= 15 is 0 Å². The van der Waals surface area contributed by atoms with Crippen molar-refractivity contribution in [3.05, 3.63) is 18.0 Å². The van der Waals surface area contributed by atoms with Crippen LogP contribution in [-0.4, -0.2) is 45.2 Å². The number of carboxylic acid groups (broad SMARTS) is 1. The van der Waals surface area contributed by atoms with Gasteiger partial charge in [0.15, 0.2) is 0 Å². The summed E-state index contributed by atoms with van der Waals surface area (Å²) in [7, 11) is 0. The number of carboxylic acids is 1. The van der Waals surface area contributed by atoms with Crippen molar-refractivity contribution in [3.63, 3.8) is 0 Å². The van der Waals surface area contributed by atoms with Crippen LogP contribution in [0, 0.1) is 0 Å². The van der Waals surface area contributed by atoms with Gasteiger partial charge in [-0.2, -0.15) is 5.10 Å². The van der Waals surface area contributed by atoms with Gasteiger partial charge in [-0.25, -0.2) is 0 Å². The van der Waals surface area contributed by atoms with E-state index in [0.29, 0.717) is 12.1 Å². The predicted molar refractivity (Wildman–Crippen MR) is 47.8 cm³/mol. The highest BCUT2D eigenvalue weighted by Gasteiger charge is 2.17. The Hall–Kier alpha value is -1.85. The largest absolute Gasteiger partial charge is 0.480 e. The van der Waals surface area contributed by atoms with Gasteiger partial charge in [-0.1, -0.05) is 0 Å². The minimum atomic E-state index is -1.02. The van der Waals surface area contributed by atoms with E-state index in [1.165, 1.54) is 17.3 Å². The second-order valence-corrected chi connectivity index (χ2v) is 2.70. The number of hydrogen-bond acceptors (Lipinski definition) is 3. The molecule has 1 amide bonds. The van der Waals surface area contributed by atoms with Crippen LogP contribution in [0.3, 0.4) is 0 Å². The van der Waals surface area contributed by atoms with Crippen molar-refractivity contribution in [2.24, 2.45) is 0 Å². The third kappa shape index (κ3) is 2.32. The van der Waals surface area contributed by atoms with Crippen LogP contribution in [-0.2, 0) is 4.79 Å². The van der Waals surface area contributed by atoms with Crippen molar-refractivity contribution in [2.45, 2.75) is 6.92 Å². The Morgan fingerprint density at radius 1 is 1.64 bits per heavy atom. The normalized spacial score (nSPS) is 9.79. The molecule has 1 heterocycles. The zero-order chi connectivity index (χ0) is 10.6. The van der Waals surface area contributed by atoms with E-state index < -0.39 is 5.97 Å². The smallest absolute Gasteiger partial charge is 0.323 e. The highest BCUT2D eigenvalue weighted by Crippen LogP contribution is 2.01. The standard InChI is InChI=1S/C8H11N3O3/c1-2-11(5-7(12)13)8(14)6-3-9-10-4-6/h3-4H,2,5H2,1H3,(H,9,10)(H,12,13). The molecule has 0 aliphatic rings. The number of likely N-dealkylation sites (N-methyl/N-ethyl adjacent to an activating group) is 1. The number of nitrogens with zero attached hydrogens (tertiary/aromatic N) is 2. The van der Waals surface area contributed by atoms with Gasteiger partial charge in [0.25, 0.3) is 5.91 Å². The Labute approximate surface area is 80.5 Å². The molecule has 6 nitrogen and oxygen atoms in total. The van der Waals surface area contributed by atoms with Gasteiger partial charge in [0, 0.05) is 12.7 Å². The van der Waals surface area contributed by atoms with Gasteiger partial charge in [-0.15, -0.1) is 0 Å². The minimum absolute atomic E-state index is 0.291. The van der Waals surface area contributed by atoms with Crippen LogP contribution >= 0.6 is 0 Å². The van der Waals surface area contributed by atoms with Crippen molar-refractivity contribution in [3.8, 4) is 0 Å². The zero-order valence-electron chi connectivity index (χ0n) is 7.73. The Bertz CT molecular complexity index is 321. The van der Waals surface area contributed by atoms with Crippen molar-refractivity contribution in [2.75, 3.05) is 13.1 Å². The monoisotopic (exact) mass is 197 g/mol. The first-order valence-electron chi connectivity index (χ1n) is 4.15. The summed E-state index contributed by atoms with van der Waals surface area (Å²) in [5, 5.41) is 14.7. The van der Waals surface area contributed by atoms with Gasteiger partial charge in [0.2, 0.25) is 0 Å². The molecule has 0 aromatic carbocycles. The number of aliphatic carboxylic acids is 1. The number of hydrogen-bond donors (Lipinski definition) is 2. The Balaban J connectivity index is 2.70. The summed E-state index contributed by atoms with van der Waals surface area (Å²) in [5.41, 5.74) is 0.369. The second-order valence-electron chi connectivity index (χ2n) is 2.70. The number of nitrogens with one attached hydrogen (secondary N) is 1. The molecule has 2 N–H and O–H groups in total. The maximum Gasteiger partial charge on any atom is 0.323 e. The average molecular weight is 197 g/mol. The molecular weight excluding hydrogens is 186 g/mol. The summed E-state index contributed by atoms with van der Waals surface area (Å²) in [5.74, 6) is -1.35. The number of amides is 1. The zero-order valence-corrected chi connectivity index (χ0v) is 7.73. The highest BCUT2D eigenvalue weighted by atomic mass is 16.4. The van der Waals surface area contributed by atoms with Crippen LogP contribution in [0.5, 0.6) is 0 Å². The minimum Gasteiger partial charge on any atom is -0.480 e. The lowest BCUT2D eigenvalue weighted by Gasteiger charge is -2.17. The van der Waals surface area contributed by atoms with E-state index in [4.69, 9.17) is 5.11 Å². The van der Waals surface area contributed by atoms with Crippen LogP contribution in [0.15, 0.2) is 12.4 Å². The molecule has 1 aromatic rings. The van der Waals surface area contributed by atoms with Crippen LogP contribution in [0.4, 0.5) is 0 Å². The van der Waals surface area contributed by atoms with Crippen LogP contribution < -0.4 is 0 Å². The maximum atomic E-state index is 11.6. The molecule has 0 fully saturated rings. The summed E-state index contributed by atoms with van der Waals surface area (Å²) in [6, 6.07) is 0. The van der Waals surface area contributed by atoms with E-state index in [0.717, 1.165) is 0 Å². The summed E-state index contributed by atoms with van der Waals surface area (Å²) < 4.78 is 0. The molecule has 0 aliphatic carbocycles. The van der Waals surface area contributed by atoms with E-state index in [1.54, 1.807) is 6.92 Å². The molecular formula is C8H11N3O3. The SMILES string of the molecule is CCN(CC(=O)O)C(=O)c1cn[nH]c1. The fraction of sp³-hybridized carbons (Fsp3) is 0.375. The quantitative estimate of drug-likeness (QED) is 0.708. The molecule has 0 spiro atoms. The van der Waals surface area contributed by atoms with Gasteiger partial charge in [-0.05, 0) is 6.92 Å². The Morgan fingerprint density at radius 3 is 2.79 bits per heavy atom. The van der Waals surface area contributed by atoms with Crippen LogP contribution in [0.2, 0.25) is 0 Å². The Kier molecular flexibility index (Phi) is 3.22. The molecule has 6 heteroatoms. The van der Waals surface area contributed by atoms with E-state index in [2.05, 4.69) is 10.2 Å². The molecule has 0 bridgehead atoms. The summed E-state index contributed by atoms with van der Waals surface area (Å²) in [4.78, 5) is 23.2. The maximum absolute atomic E-state index is 11.6. The third-order valence-electron chi connectivity index (χ3n) is 1.74. The van der Waals surface area contributed by atoms with Crippen molar-refractivity contribution >= 4 is 11.9 Å². The summed E-state index contributed by atoms with van der Waals surface area (Å²) >= 11 is 0. The molecule has 0 unspecified atom stereocenters. The molecule has 0 saturated carbocycles. The van der Waals surface area contributed by atoms with Crippen molar-refractivity contribution < 1.29 is 14.7 Å². The number of aromatic amines is 1. The van der Waals surface area contributed by atoms with Crippen molar-refractivity contribution in [1.82, 2.24) is 15.1 Å². The van der Waals surface area contributed by atoms with Gasteiger partial charge in [0.1, 0.15) is 6.54 Å². The summed E-state index contributed by atoms with van der Waals surface area (Å²) in [6.07, 6.45) is 2.81. The molecule has 0 saturated heterocycles. The fourth-order valence-corrected chi connectivity index (χ4v) is 1.04. The molecule has 0 aliphatic heterocycles. The first kappa shape index (κ1) is 10.2. The molecule has 1 aromatic heterocycles. The lowest BCUT2D eigenvalue weighted by molar-refractivity contribution is -0.137. The number of rotatable bonds is 4. The lowest BCUT2D eigenvalue weighted by Crippen LogP contribution is -2.35. The molecule has 0 atom stereocenters. The highest BCUT2D eigenvalue weighted by molar-refractivity contribution is 5.95. The van der Waals surface area contributed by atoms with E-state index in [-0.39, 0.29) is 12.5 Å². The third-order valence-corrected chi connectivity index (χ3v) is 1.74.